The van der Waals surface area contributed by atoms with E-state index in [0.717, 1.165) is 0 Å². The fourth-order valence-electron chi connectivity index (χ4n) is 9.58. The zero-order valence-electron chi connectivity index (χ0n) is 32.6. The van der Waals surface area contributed by atoms with Crippen molar-refractivity contribution in [2.45, 2.75) is 42.7 Å². The van der Waals surface area contributed by atoms with Crippen LogP contribution < -0.4 is 19.8 Å². The number of aromatic hydroxyl groups is 1. The van der Waals surface area contributed by atoms with Gasteiger partial charge in [-0.3, -0.25) is 24.6 Å². The van der Waals surface area contributed by atoms with Gasteiger partial charge in [-0.15, -0.1) is 0 Å². The molecule has 2 aliphatic carbocycles. The number of hydrazine groups is 1. The quantitative estimate of drug-likeness (QED) is 0.106. The standard InChI is InChI=1S/C42H29Cl2F9N4O7/c1-63-23-13-29(58)32(30(14-23)64-2)33-24-7-8-25-31(37(61)56(35(25)59)22-10-18(40(45,46)47)9-19(11-22)41(48,49)50)26(24)15-27-36(60)57(38(62)39(27,33)17-3-5-21(43)6-4-17)55-34-28(44)12-20(16-54-34)42(51,52)53/h3-7,9-14,16,25-27,31,33,58H,8,15H2,1-2H3,(H,54,55)/t25-,26+,27-,31-,33+,39+/m0/s1. The van der Waals surface area contributed by atoms with Crippen molar-refractivity contribution in [2.75, 3.05) is 24.5 Å². The molecule has 336 valence electrons. The van der Waals surface area contributed by atoms with E-state index in [1.54, 1.807) is 0 Å². The molecule has 2 aliphatic heterocycles. The van der Waals surface area contributed by atoms with Crippen LogP contribution in [0.25, 0.3) is 0 Å². The first-order chi connectivity index (χ1) is 29.9. The average molecular weight is 944 g/mol. The summed E-state index contributed by atoms with van der Waals surface area (Å²) in [5.74, 6) is -13.0. The number of allylic oxidation sites excluding steroid dienone is 2. The average Bonchev–Trinajstić information content (AvgIpc) is 3.60. The van der Waals surface area contributed by atoms with E-state index in [1.807, 2.05) is 0 Å². The number of aromatic nitrogens is 1. The van der Waals surface area contributed by atoms with Crippen LogP contribution in [0.2, 0.25) is 10.0 Å². The molecule has 1 aromatic heterocycles. The van der Waals surface area contributed by atoms with Gasteiger partial charge in [0.25, 0.3) is 11.8 Å². The van der Waals surface area contributed by atoms with E-state index in [-0.39, 0.29) is 62.7 Å². The molecule has 0 radical (unpaired) electrons. The molecule has 4 amide bonds. The van der Waals surface area contributed by atoms with E-state index in [0.29, 0.717) is 17.3 Å². The molecule has 0 spiro atoms. The molecule has 1 saturated carbocycles. The van der Waals surface area contributed by atoms with Gasteiger partial charge in [-0.1, -0.05) is 47.0 Å². The van der Waals surface area contributed by atoms with Gasteiger partial charge in [-0.25, -0.2) is 9.88 Å². The van der Waals surface area contributed by atoms with Crippen molar-refractivity contribution in [3.8, 4) is 17.2 Å². The maximum atomic E-state index is 15.5. The molecule has 0 unspecified atom stereocenters. The molecular formula is C42H29Cl2F9N4O7. The first kappa shape index (κ1) is 44.6. The number of rotatable bonds is 7. The molecule has 22 heteroatoms. The van der Waals surface area contributed by atoms with Crippen molar-refractivity contribution < 1.29 is 73.3 Å². The number of amides is 4. The van der Waals surface area contributed by atoms with Crippen molar-refractivity contribution >= 4 is 58.3 Å². The van der Waals surface area contributed by atoms with E-state index < -0.39 is 123 Å². The van der Waals surface area contributed by atoms with E-state index in [4.69, 9.17) is 32.7 Å². The van der Waals surface area contributed by atoms with Crippen LogP contribution in [0.15, 0.2) is 78.5 Å². The number of imide groups is 2. The summed E-state index contributed by atoms with van der Waals surface area (Å²) < 4.78 is 136. The van der Waals surface area contributed by atoms with Gasteiger partial charge in [-0.2, -0.15) is 44.5 Å². The number of halogens is 11. The largest absolute Gasteiger partial charge is 0.507 e. The highest BCUT2D eigenvalue weighted by Gasteiger charge is 2.71. The second-order valence-corrected chi connectivity index (χ2v) is 16.3. The lowest BCUT2D eigenvalue weighted by Gasteiger charge is -2.50. The molecule has 6 atom stereocenters. The summed E-state index contributed by atoms with van der Waals surface area (Å²) in [5, 5.41) is 11.9. The Bertz CT molecular complexity index is 2640. The Labute approximate surface area is 365 Å². The van der Waals surface area contributed by atoms with Gasteiger partial charge in [0.05, 0.1) is 64.8 Å². The Morgan fingerprint density at radius 3 is 1.97 bits per heavy atom. The van der Waals surface area contributed by atoms with Crippen LogP contribution in [0.4, 0.5) is 51.0 Å². The summed E-state index contributed by atoms with van der Waals surface area (Å²) in [6.45, 7) is 0. The van der Waals surface area contributed by atoms with E-state index >= 15 is 4.79 Å². The molecule has 4 aliphatic rings. The minimum absolute atomic E-state index is 0.0619. The van der Waals surface area contributed by atoms with Crippen LogP contribution in [0.1, 0.15) is 46.6 Å². The fraction of sp³-hybridized carbons (Fsp3) is 0.310. The zero-order valence-corrected chi connectivity index (χ0v) is 34.1. The number of ether oxygens (including phenoxy) is 2. The lowest BCUT2D eigenvalue weighted by molar-refractivity contribution is -0.143. The molecule has 2 saturated heterocycles. The number of methoxy groups -OCH3 is 2. The maximum Gasteiger partial charge on any atom is 0.417 e. The third kappa shape index (κ3) is 6.96. The van der Waals surface area contributed by atoms with Crippen molar-refractivity contribution in [3.05, 3.63) is 116 Å². The molecule has 11 nitrogen and oxygen atoms in total. The topological polar surface area (TPSA) is 138 Å². The summed E-state index contributed by atoms with van der Waals surface area (Å²) in [4.78, 5) is 63.2. The number of alkyl halides is 9. The van der Waals surface area contributed by atoms with E-state index in [1.165, 1.54) is 56.7 Å². The number of hydrogen-bond donors (Lipinski definition) is 2. The van der Waals surface area contributed by atoms with Crippen molar-refractivity contribution in [1.82, 2.24) is 9.99 Å². The van der Waals surface area contributed by atoms with Crippen LogP contribution in [0.5, 0.6) is 17.2 Å². The molecule has 4 aromatic rings. The highest BCUT2D eigenvalue weighted by Crippen LogP contribution is 2.66. The lowest BCUT2D eigenvalue weighted by Crippen LogP contribution is -2.53. The Balaban J connectivity index is 1.34. The van der Waals surface area contributed by atoms with Crippen LogP contribution >= 0.6 is 23.2 Å². The highest BCUT2D eigenvalue weighted by atomic mass is 35.5. The summed E-state index contributed by atoms with van der Waals surface area (Å²) in [6, 6.07) is 8.96. The second kappa shape index (κ2) is 15.3. The molecule has 0 bridgehead atoms. The van der Waals surface area contributed by atoms with Gasteiger partial charge in [-0.05, 0) is 60.7 Å². The number of carbonyl (C=O) groups is 4. The number of nitrogens with one attached hydrogen (secondary N) is 1. The first-order valence-corrected chi connectivity index (χ1v) is 19.6. The SMILES string of the molecule is COc1cc(O)c([C@H]2C3=CC[C@@H]4C(=O)N(c5cc(C(F)(F)F)cc(C(F)(F)F)c5)C(=O)[C@@H]4[C@@H]3C[C@H]3C(=O)N(Nc4ncc(C(F)(F)F)cc4Cl)C(=O)[C@@]23c2ccc(Cl)cc2)c(OC)c1. The number of benzene rings is 3. The lowest BCUT2D eigenvalue weighted by atomic mass is 9.49. The van der Waals surface area contributed by atoms with Crippen molar-refractivity contribution in [2.24, 2.45) is 23.7 Å². The third-order valence-corrected chi connectivity index (χ3v) is 12.8. The fourth-order valence-corrected chi connectivity index (χ4v) is 9.92. The number of anilines is 2. The summed E-state index contributed by atoms with van der Waals surface area (Å²) in [6.07, 6.45) is -14.5. The minimum atomic E-state index is -5.33. The zero-order chi connectivity index (χ0) is 46.6. The van der Waals surface area contributed by atoms with Gasteiger partial charge in [0.2, 0.25) is 11.8 Å². The van der Waals surface area contributed by atoms with Crippen LogP contribution in [-0.2, 0) is 43.1 Å². The second-order valence-electron chi connectivity index (χ2n) is 15.5. The number of pyridine rings is 1. The number of phenolic OH excluding ortho intramolecular Hbond substituents is 1. The Hall–Kier alpha value is -6.02. The van der Waals surface area contributed by atoms with Gasteiger partial charge in [0, 0.05) is 34.8 Å². The van der Waals surface area contributed by atoms with E-state index in [9.17, 15) is 59.0 Å². The van der Waals surface area contributed by atoms with Gasteiger partial charge in [0.1, 0.15) is 17.2 Å². The normalized spacial score (nSPS) is 24.6. The van der Waals surface area contributed by atoms with Crippen molar-refractivity contribution in [3.63, 3.8) is 0 Å². The number of hydrogen-bond acceptors (Lipinski definition) is 9. The Kier molecular flexibility index (Phi) is 10.7. The summed E-state index contributed by atoms with van der Waals surface area (Å²) in [5.41, 5.74) is -5.46. The first-order valence-electron chi connectivity index (χ1n) is 18.9. The monoisotopic (exact) mass is 942 g/mol. The molecule has 8 rings (SSSR count). The van der Waals surface area contributed by atoms with Crippen LogP contribution in [0.3, 0.4) is 0 Å². The smallest absolute Gasteiger partial charge is 0.417 e. The molecule has 3 heterocycles. The molecule has 3 aromatic carbocycles. The summed E-state index contributed by atoms with van der Waals surface area (Å²) in [7, 11) is 2.49. The predicted molar refractivity (Wildman–Crippen MR) is 207 cm³/mol. The van der Waals surface area contributed by atoms with Gasteiger partial charge >= 0.3 is 18.5 Å². The number of carbonyl (C=O) groups excluding carboxylic acids is 4. The third-order valence-electron chi connectivity index (χ3n) is 12.2. The summed E-state index contributed by atoms with van der Waals surface area (Å²) >= 11 is 12.5. The molecule has 2 N–H and O–H groups in total. The molecule has 3 fully saturated rings. The van der Waals surface area contributed by atoms with Gasteiger partial charge < -0.3 is 14.6 Å². The Morgan fingerprint density at radius 2 is 1.41 bits per heavy atom. The molecular weight excluding hydrogens is 914 g/mol. The van der Waals surface area contributed by atoms with Crippen LogP contribution in [-0.4, -0.2) is 52.9 Å². The molecule has 64 heavy (non-hydrogen) atoms. The van der Waals surface area contributed by atoms with Crippen molar-refractivity contribution in [1.29, 1.82) is 0 Å². The number of nitrogens with zero attached hydrogens (tertiary/aromatic N) is 3. The highest BCUT2D eigenvalue weighted by molar-refractivity contribution is 6.33. The Morgan fingerprint density at radius 1 is 0.781 bits per heavy atom. The predicted octanol–water partition coefficient (Wildman–Crippen LogP) is 9.36. The maximum absolute atomic E-state index is 15.5. The number of phenols is 1. The van der Waals surface area contributed by atoms with E-state index in [2.05, 4.69) is 10.4 Å². The van der Waals surface area contributed by atoms with Gasteiger partial charge in [0.15, 0.2) is 5.82 Å². The van der Waals surface area contributed by atoms with Crippen LogP contribution in [0, 0.1) is 23.7 Å². The number of fused-ring (bicyclic) bond motifs is 4. The minimum Gasteiger partial charge on any atom is -0.507 e.